The quantitative estimate of drug-likeness (QED) is 0.856. The molecule has 2 aromatic rings. The van der Waals surface area contributed by atoms with Crippen molar-refractivity contribution in [2.75, 3.05) is 11.9 Å². The topological polar surface area (TPSA) is 21.3 Å². The molecule has 0 saturated carbocycles. The Labute approximate surface area is 120 Å². The van der Waals surface area contributed by atoms with Crippen LogP contribution in [0.2, 0.25) is 0 Å². The maximum atomic E-state index is 13.2. The van der Waals surface area contributed by atoms with E-state index in [4.69, 9.17) is 4.74 Å². The normalized spacial score (nSPS) is 14.5. The van der Waals surface area contributed by atoms with Crippen LogP contribution >= 0.6 is 0 Å². The van der Waals surface area contributed by atoms with Crippen molar-refractivity contribution in [3.05, 3.63) is 58.9 Å². The number of ether oxygens (including phenoxy) is 1. The van der Waals surface area contributed by atoms with Gasteiger partial charge in [0.25, 0.3) is 0 Å². The number of hydrogen-bond acceptors (Lipinski definition) is 2. The second-order valence-corrected chi connectivity index (χ2v) is 5.09. The van der Waals surface area contributed by atoms with Gasteiger partial charge < -0.3 is 10.1 Å². The lowest BCUT2D eigenvalue weighted by Crippen LogP contribution is -2.08. The highest BCUT2D eigenvalue weighted by Crippen LogP contribution is 2.29. The van der Waals surface area contributed by atoms with Gasteiger partial charge in [-0.15, -0.1) is 0 Å². The van der Waals surface area contributed by atoms with Crippen LogP contribution in [0.5, 0.6) is 5.75 Å². The Morgan fingerprint density at radius 3 is 2.52 bits per heavy atom. The van der Waals surface area contributed by atoms with Gasteiger partial charge in [-0.2, -0.15) is 0 Å². The maximum Gasteiger partial charge on any atom is 0.194 e. The minimum atomic E-state index is -1.46. The molecule has 0 amide bonds. The molecule has 1 aliphatic heterocycles. The summed E-state index contributed by atoms with van der Waals surface area (Å²) in [6.45, 7) is 2.55. The molecule has 1 atom stereocenters. The van der Waals surface area contributed by atoms with Gasteiger partial charge in [0.05, 0.1) is 6.61 Å². The molecule has 5 heteroatoms. The Morgan fingerprint density at radius 1 is 1.10 bits per heavy atom. The third-order valence-electron chi connectivity index (χ3n) is 3.58. The van der Waals surface area contributed by atoms with Crippen molar-refractivity contribution in [3.8, 4) is 5.75 Å². The van der Waals surface area contributed by atoms with Gasteiger partial charge in [0.2, 0.25) is 0 Å². The van der Waals surface area contributed by atoms with Crippen molar-refractivity contribution in [1.29, 1.82) is 0 Å². The Morgan fingerprint density at radius 2 is 1.81 bits per heavy atom. The molecule has 1 N–H and O–H groups in total. The Hall–Kier alpha value is -2.17. The summed E-state index contributed by atoms with van der Waals surface area (Å²) in [7, 11) is 0. The van der Waals surface area contributed by atoms with E-state index in [0.717, 1.165) is 35.4 Å². The van der Waals surface area contributed by atoms with Crippen LogP contribution in [-0.2, 0) is 6.42 Å². The van der Waals surface area contributed by atoms with Crippen molar-refractivity contribution in [3.63, 3.8) is 0 Å². The van der Waals surface area contributed by atoms with Crippen LogP contribution in [0.1, 0.15) is 24.1 Å². The molecule has 3 rings (SSSR count). The molecule has 0 saturated heterocycles. The first-order valence-corrected chi connectivity index (χ1v) is 6.71. The summed E-state index contributed by atoms with van der Waals surface area (Å²) in [6, 6.07) is 7.53. The van der Waals surface area contributed by atoms with Crippen LogP contribution < -0.4 is 10.1 Å². The number of hydrogen-bond donors (Lipinski definition) is 1. The molecule has 1 aliphatic rings. The largest absolute Gasteiger partial charge is 0.493 e. The van der Waals surface area contributed by atoms with Crippen LogP contribution in [0.25, 0.3) is 0 Å². The predicted octanol–water partition coefficient (Wildman–Crippen LogP) is 4.21. The van der Waals surface area contributed by atoms with E-state index in [2.05, 4.69) is 5.32 Å². The molecule has 1 heterocycles. The molecule has 110 valence electrons. The van der Waals surface area contributed by atoms with E-state index in [-0.39, 0.29) is 11.7 Å². The van der Waals surface area contributed by atoms with Crippen molar-refractivity contribution >= 4 is 5.69 Å². The Balaban J connectivity index is 1.81. The zero-order chi connectivity index (χ0) is 15.0. The summed E-state index contributed by atoms with van der Waals surface area (Å²) in [5.41, 5.74) is 2.30. The molecule has 0 fully saturated rings. The van der Waals surface area contributed by atoms with Crippen LogP contribution in [-0.4, -0.2) is 6.61 Å². The molecule has 2 nitrogen and oxygen atoms in total. The van der Waals surface area contributed by atoms with E-state index in [1.807, 2.05) is 25.1 Å². The monoisotopic (exact) mass is 293 g/mol. The number of anilines is 1. The van der Waals surface area contributed by atoms with Crippen LogP contribution in [0.15, 0.2) is 30.3 Å². The molecule has 21 heavy (non-hydrogen) atoms. The highest BCUT2D eigenvalue weighted by atomic mass is 19.2. The van der Waals surface area contributed by atoms with Gasteiger partial charge >= 0.3 is 0 Å². The van der Waals surface area contributed by atoms with Gasteiger partial charge in [-0.3, -0.25) is 0 Å². The fourth-order valence-corrected chi connectivity index (χ4v) is 2.45. The zero-order valence-corrected chi connectivity index (χ0v) is 11.4. The number of fused-ring (bicyclic) bond motifs is 1. The first kappa shape index (κ1) is 13.8. The molecule has 0 spiro atoms. The lowest BCUT2D eigenvalue weighted by molar-refractivity contribution is 0.357. The van der Waals surface area contributed by atoms with Crippen molar-refractivity contribution in [2.45, 2.75) is 19.4 Å². The number of halogens is 3. The molecule has 2 aromatic carbocycles. The highest BCUT2D eigenvalue weighted by molar-refractivity contribution is 5.48. The van der Waals surface area contributed by atoms with Crippen molar-refractivity contribution in [1.82, 2.24) is 0 Å². The summed E-state index contributed by atoms with van der Waals surface area (Å²) in [6.07, 6.45) is 0.857. The van der Waals surface area contributed by atoms with E-state index in [1.54, 1.807) is 0 Å². The van der Waals surface area contributed by atoms with Gasteiger partial charge in [-0.25, -0.2) is 13.2 Å². The minimum Gasteiger partial charge on any atom is -0.493 e. The molecule has 0 bridgehead atoms. The van der Waals surface area contributed by atoms with E-state index in [1.165, 1.54) is 0 Å². The van der Waals surface area contributed by atoms with Crippen LogP contribution in [0, 0.1) is 17.5 Å². The first-order chi connectivity index (χ1) is 10.0. The number of benzene rings is 2. The first-order valence-electron chi connectivity index (χ1n) is 6.71. The number of nitrogens with one attached hydrogen (secondary N) is 1. The Kier molecular flexibility index (Phi) is 3.49. The predicted molar refractivity (Wildman–Crippen MR) is 74.0 cm³/mol. The molecular weight excluding hydrogens is 279 g/mol. The minimum absolute atomic E-state index is 0.167. The van der Waals surface area contributed by atoms with Crippen LogP contribution in [0.3, 0.4) is 0 Å². The maximum absolute atomic E-state index is 13.2. The van der Waals surface area contributed by atoms with E-state index >= 15 is 0 Å². The van der Waals surface area contributed by atoms with Crippen molar-refractivity contribution in [2.24, 2.45) is 0 Å². The molecular formula is C16H14F3NO. The summed E-state index contributed by atoms with van der Waals surface area (Å²) in [5.74, 6) is -2.98. The number of rotatable bonds is 3. The average molecular weight is 293 g/mol. The SMILES string of the molecule is CC(Nc1cc(F)c(F)c(F)c1)c1ccc2c(c1)CCO2. The molecule has 0 aromatic heterocycles. The van der Waals surface area contributed by atoms with Crippen LogP contribution in [0.4, 0.5) is 18.9 Å². The van der Waals surface area contributed by atoms with E-state index in [0.29, 0.717) is 6.61 Å². The summed E-state index contributed by atoms with van der Waals surface area (Å²) < 4.78 is 44.8. The van der Waals surface area contributed by atoms with E-state index < -0.39 is 17.5 Å². The van der Waals surface area contributed by atoms with Gasteiger partial charge in [-0.05, 0) is 30.2 Å². The summed E-state index contributed by atoms with van der Waals surface area (Å²) >= 11 is 0. The van der Waals surface area contributed by atoms with E-state index in [9.17, 15) is 13.2 Å². The third kappa shape index (κ3) is 2.68. The smallest absolute Gasteiger partial charge is 0.194 e. The molecule has 0 aliphatic carbocycles. The van der Waals surface area contributed by atoms with Gasteiger partial charge in [0, 0.05) is 30.3 Å². The summed E-state index contributed by atoms with van der Waals surface area (Å²) in [4.78, 5) is 0. The second kappa shape index (κ2) is 5.31. The lowest BCUT2D eigenvalue weighted by Gasteiger charge is -2.17. The zero-order valence-electron chi connectivity index (χ0n) is 11.4. The van der Waals surface area contributed by atoms with Gasteiger partial charge in [0.15, 0.2) is 17.5 Å². The third-order valence-corrected chi connectivity index (χ3v) is 3.58. The summed E-state index contributed by atoms with van der Waals surface area (Å²) in [5, 5.41) is 2.97. The second-order valence-electron chi connectivity index (χ2n) is 5.09. The lowest BCUT2D eigenvalue weighted by atomic mass is 10.0. The van der Waals surface area contributed by atoms with Crippen molar-refractivity contribution < 1.29 is 17.9 Å². The molecule has 1 unspecified atom stereocenters. The van der Waals surface area contributed by atoms with Gasteiger partial charge in [-0.1, -0.05) is 6.07 Å². The standard InChI is InChI=1S/C16H14F3NO/c1-9(10-2-3-15-11(6-10)4-5-21-15)20-12-7-13(17)16(19)14(18)8-12/h2-3,6-9,20H,4-5H2,1H3. The highest BCUT2D eigenvalue weighted by Gasteiger charge is 2.16. The molecule has 0 radical (unpaired) electrons. The fourth-order valence-electron chi connectivity index (χ4n) is 2.45. The average Bonchev–Trinajstić information content (AvgIpc) is 2.91. The fraction of sp³-hybridized carbons (Fsp3) is 0.250. The Bertz CT molecular complexity index is 664. The van der Waals surface area contributed by atoms with Gasteiger partial charge in [0.1, 0.15) is 5.75 Å².